The first kappa shape index (κ1) is 14.8. The van der Waals surface area contributed by atoms with E-state index in [9.17, 15) is 0 Å². The highest BCUT2D eigenvalue weighted by molar-refractivity contribution is 6.33. The Morgan fingerprint density at radius 1 is 0.917 bits per heavy atom. The summed E-state index contributed by atoms with van der Waals surface area (Å²) in [4.78, 5) is 4.80. The van der Waals surface area contributed by atoms with E-state index in [1.807, 2.05) is 60.7 Å². The maximum absolute atomic E-state index is 6.42. The quantitative estimate of drug-likeness (QED) is 0.520. The highest BCUT2D eigenvalue weighted by Gasteiger charge is 2.16. The van der Waals surface area contributed by atoms with Gasteiger partial charge in [0.2, 0.25) is 0 Å². The number of pyridine rings is 1. The number of imidazole rings is 1. The first-order valence-corrected chi connectivity index (χ1v) is 8.16. The molecular weight excluding hydrogens is 318 g/mol. The molecule has 0 amide bonds. The average Bonchev–Trinajstić information content (AvgIpc) is 2.94. The minimum atomic E-state index is 0.689. The molecule has 0 aliphatic rings. The van der Waals surface area contributed by atoms with Crippen LogP contribution in [0.4, 0.5) is 11.5 Å². The van der Waals surface area contributed by atoms with Gasteiger partial charge in [-0.15, -0.1) is 0 Å². The number of anilines is 2. The Morgan fingerprint density at radius 2 is 1.67 bits per heavy atom. The molecule has 24 heavy (non-hydrogen) atoms. The predicted molar refractivity (Wildman–Crippen MR) is 100 cm³/mol. The zero-order valence-corrected chi connectivity index (χ0v) is 14.0. The molecule has 0 spiro atoms. The molecule has 3 nitrogen and oxygen atoms in total. The molecule has 4 aromatic rings. The molecule has 2 aromatic heterocycles. The number of para-hydroxylation sites is 1. The van der Waals surface area contributed by atoms with E-state index in [2.05, 4.69) is 28.9 Å². The predicted octanol–water partition coefficient (Wildman–Crippen LogP) is 5.71. The molecule has 0 bridgehead atoms. The summed E-state index contributed by atoms with van der Waals surface area (Å²) in [7, 11) is 0. The van der Waals surface area contributed by atoms with Crippen LogP contribution in [-0.4, -0.2) is 9.38 Å². The van der Waals surface area contributed by atoms with E-state index in [1.54, 1.807) is 0 Å². The Labute approximate surface area is 145 Å². The van der Waals surface area contributed by atoms with Crippen molar-refractivity contribution in [2.75, 3.05) is 5.32 Å². The molecule has 2 aromatic carbocycles. The number of aromatic nitrogens is 2. The first-order chi connectivity index (χ1) is 11.7. The first-order valence-electron chi connectivity index (χ1n) is 7.78. The highest BCUT2D eigenvalue weighted by Crippen LogP contribution is 2.35. The van der Waals surface area contributed by atoms with Crippen LogP contribution in [0.5, 0.6) is 0 Å². The summed E-state index contributed by atoms with van der Waals surface area (Å²) in [5.41, 5.74) is 4.82. The van der Waals surface area contributed by atoms with Gasteiger partial charge >= 0.3 is 0 Å². The molecule has 0 atom stereocenters. The fourth-order valence-electron chi connectivity index (χ4n) is 2.77. The minimum absolute atomic E-state index is 0.689. The van der Waals surface area contributed by atoms with Crippen LogP contribution >= 0.6 is 11.6 Å². The zero-order chi connectivity index (χ0) is 16.5. The summed E-state index contributed by atoms with van der Waals surface area (Å²) in [6, 6.07) is 21.9. The fourth-order valence-corrected chi connectivity index (χ4v) is 2.99. The summed E-state index contributed by atoms with van der Waals surface area (Å²) in [5.74, 6) is 0.910. The van der Waals surface area contributed by atoms with Crippen molar-refractivity contribution in [2.45, 2.75) is 6.92 Å². The molecule has 118 valence electrons. The summed E-state index contributed by atoms with van der Waals surface area (Å²) in [5, 5.41) is 4.18. The van der Waals surface area contributed by atoms with Crippen molar-refractivity contribution in [3.8, 4) is 11.3 Å². The van der Waals surface area contributed by atoms with E-state index in [0.29, 0.717) is 5.02 Å². The standard InChI is InChI=1S/C20H16ClN3/c1-14-11-12-18-23-19(16-9-5-6-10-17(16)21)20(24(18)13-14)22-15-7-3-2-4-8-15/h2-13,22H,1H3. The number of rotatable bonds is 3. The Hall–Kier alpha value is -2.78. The lowest BCUT2D eigenvalue weighted by Gasteiger charge is -2.10. The normalized spacial score (nSPS) is 10.9. The molecule has 2 heterocycles. The Bertz CT molecular complexity index is 1010. The van der Waals surface area contributed by atoms with Gasteiger partial charge in [0.25, 0.3) is 0 Å². The smallest absolute Gasteiger partial charge is 0.143 e. The maximum Gasteiger partial charge on any atom is 0.143 e. The number of aryl methyl sites for hydroxylation is 1. The largest absolute Gasteiger partial charge is 0.339 e. The molecule has 0 fully saturated rings. The number of nitrogens with zero attached hydrogens (tertiary/aromatic N) is 2. The van der Waals surface area contributed by atoms with Crippen LogP contribution in [0.25, 0.3) is 16.9 Å². The van der Waals surface area contributed by atoms with E-state index in [4.69, 9.17) is 16.6 Å². The second-order valence-corrected chi connectivity index (χ2v) is 6.12. The number of fused-ring (bicyclic) bond motifs is 1. The van der Waals surface area contributed by atoms with E-state index in [-0.39, 0.29) is 0 Å². The second-order valence-electron chi connectivity index (χ2n) is 5.71. The lowest BCUT2D eigenvalue weighted by molar-refractivity contribution is 1.16. The van der Waals surface area contributed by atoms with Crippen molar-refractivity contribution in [3.05, 3.63) is 83.5 Å². The van der Waals surface area contributed by atoms with Crippen molar-refractivity contribution < 1.29 is 0 Å². The monoisotopic (exact) mass is 333 g/mol. The van der Waals surface area contributed by atoms with Gasteiger partial charge in [-0.3, -0.25) is 4.40 Å². The Balaban J connectivity index is 1.96. The van der Waals surface area contributed by atoms with Gasteiger partial charge in [-0.1, -0.05) is 54.1 Å². The average molecular weight is 334 g/mol. The number of hydrogen-bond donors (Lipinski definition) is 1. The van der Waals surface area contributed by atoms with Crippen LogP contribution in [-0.2, 0) is 0 Å². The van der Waals surface area contributed by atoms with Gasteiger partial charge in [-0.2, -0.15) is 0 Å². The summed E-state index contributed by atoms with van der Waals surface area (Å²) >= 11 is 6.42. The van der Waals surface area contributed by atoms with Gasteiger partial charge in [0, 0.05) is 17.4 Å². The van der Waals surface area contributed by atoms with Crippen molar-refractivity contribution in [3.63, 3.8) is 0 Å². The van der Waals surface area contributed by atoms with Crippen LogP contribution < -0.4 is 5.32 Å². The molecule has 0 aliphatic heterocycles. The van der Waals surface area contributed by atoms with Crippen molar-refractivity contribution >= 4 is 28.8 Å². The van der Waals surface area contributed by atoms with Gasteiger partial charge in [-0.25, -0.2) is 4.98 Å². The zero-order valence-electron chi connectivity index (χ0n) is 13.2. The Morgan fingerprint density at radius 3 is 2.46 bits per heavy atom. The van der Waals surface area contributed by atoms with Crippen LogP contribution in [0.2, 0.25) is 5.02 Å². The van der Waals surface area contributed by atoms with E-state index >= 15 is 0 Å². The van der Waals surface area contributed by atoms with Gasteiger partial charge in [0.15, 0.2) is 0 Å². The number of nitrogens with one attached hydrogen (secondary N) is 1. The minimum Gasteiger partial charge on any atom is -0.339 e. The summed E-state index contributed by atoms with van der Waals surface area (Å²) in [6.07, 6.45) is 2.08. The topological polar surface area (TPSA) is 29.3 Å². The number of benzene rings is 2. The van der Waals surface area contributed by atoms with Crippen LogP contribution in [0.1, 0.15) is 5.56 Å². The molecule has 0 aliphatic carbocycles. The third-order valence-corrected chi connectivity index (χ3v) is 4.26. The van der Waals surface area contributed by atoms with Crippen molar-refractivity contribution in [1.29, 1.82) is 0 Å². The van der Waals surface area contributed by atoms with Gasteiger partial charge in [-0.05, 0) is 36.8 Å². The summed E-state index contributed by atoms with van der Waals surface area (Å²) in [6.45, 7) is 2.07. The molecule has 0 unspecified atom stereocenters. The van der Waals surface area contributed by atoms with Crippen LogP contribution in [0, 0.1) is 6.92 Å². The fraction of sp³-hybridized carbons (Fsp3) is 0.0500. The summed E-state index contributed by atoms with van der Waals surface area (Å²) < 4.78 is 2.07. The molecule has 0 saturated carbocycles. The molecule has 0 saturated heterocycles. The SMILES string of the molecule is Cc1ccc2nc(-c3ccccc3Cl)c(Nc3ccccc3)n2c1. The van der Waals surface area contributed by atoms with Crippen LogP contribution in [0.3, 0.4) is 0 Å². The van der Waals surface area contributed by atoms with E-state index < -0.39 is 0 Å². The van der Waals surface area contributed by atoms with E-state index in [1.165, 1.54) is 5.56 Å². The van der Waals surface area contributed by atoms with Crippen molar-refractivity contribution in [1.82, 2.24) is 9.38 Å². The third-order valence-electron chi connectivity index (χ3n) is 3.93. The molecular formula is C20H16ClN3. The molecule has 4 rings (SSSR count). The molecule has 4 heteroatoms. The highest BCUT2D eigenvalue weighted by atomic mass is 35.5. The van der Waals surface area contributed by atoms with Crippen LogP contribution in [0.15, 0.2) is 72.9 Å². The second kappa shape index (κ2) is 6.02. The van der Waals surface area contributed by atoms with E-state index in [0.717, 1.165) is 28.4 Å². The third kappa shape index (κ3) is 2.63. The number of halogens is 1. The maximum atomic E-state index is 6.42. The molecule has 0 radical (unpaired) electrons. The lowest BCUT2D eigenvalue weighted by Crippen LogP contribution is -1.97. The lowest BCUT2D eigenvalue weighted by atomic mass is 10.1. The van der Waals surface area contributed by atoms with Gasteiger partial charge in [0.1, 0.15) is 17.2 Å². The molecule has 1 N–H and O–H groups in total. The number of hydrogen-bond acceptors (Lipinski definition) is 2. The van der Waals surface area contributed by atoms with Gasteiger partial charge in [0.05, 0.1) is 5.02 Å². The van der Waals surface area contributed by atoms with Gasteiger partial charge < -0.3 is 5.32 Å². The van der Waals surface area contributed by atoms with Crippen molar-refractivity contribution in [2.24, 2.45) is 0 Å². The Kier molecular flexibility index (Phi) is 3.71.